The smallest absolute Gasteiger partial charge is 0.259 e. The summed E-state index contributed by atoms with van der Waals surface area (Å²) in [4.78, 5) is 17.0. The fraction of sp³-hybridized carbons (Fsp3) is 0.158. The second kappa shape index (κ2) is 7.89. The predicted octanol–water partition coefficient (Wildman–Crippen LogP) is 4.00. The van der Waals surface area contributed by atoms with Crippen LogP contribution < -0.4 is 10.0 Å². The van der Waals surface area contributed by atoms with Crippen molar-refractivity contribution in [1.29, 1.82) is 0 Å². The maximum atomic E-state index is 12.6. The standard InChI is InChI=1S/C19H19N3O3S2/c1-3-13-8-10-14(11-9-13)17-12-26-19(20-17)21-18(23)15-6-4-5-7-16(15)22-27(2,24)25/h4-12,22H,3H2,1-2H3,(H,20,21,23). The van der Waals surface area contributed by atoms with Crippen LogP contribution in [0.1, 0.15) is 22.8 Å². The van der Waals surface area contributed by atoms with E-state index in [1.54, 1.807) is 24.3 Å². The van der Waals surface area contributed by atoms with E-state index in [1.807, 2.05) is 17.5 Å². The molecular weight excluding hydrogens is 382 g/mol. The summed E-state index contributed by atoms with van der Waals surface area (Å²) in [5.41, 5.74) is 3.46. The summed E-state index contributed by atoms with van der Waals surface area (Å²) >= 11 is 1.31. The highest BCUT2D eigenvalue weighted by Crippen LogP contribution is 2.26. The Morgan fingerprint density at radius 1 is 1.11 bits per heavy atom. The first-order valence-electron chi connectivity index (χ1n) is 8.28. The molecule has 2 N–H and O–H groups in total. The molecule has 3 aromatic rings. The topological polar surface area (TPSA) is 88.2 Å². The van der Waals surface area contributed by atoms with E-state index in [4.69, 9.17) is 0 Å². The minimum Gasteiger partial charge on any atom is -0.298 e. The molecule has 8 heteroatoms. The summed E-state index contributed by atoms with van der Waals surface area (Å²) in [6, 6.07) is 14.5. The largest absolute Gasteiger partial charge is 0.298 e. The monoisotopic (exact) mass is 401 g/mol. The lowest BCUT2D eigenvalue weighted by Crippen LogP contribution is -2.17. The number of amides is 1. The Bertz CT molecular complexity index is 1060. The van der Waals surface area contributed by atoms with Crippen molar-refractivity contribution < 1.29 is 13.2 Å². The molecule has 0 unspecified atom stereocenters. The fourth-order valence-electron chi connectivity index (χ4n) is 2.51. The van der Waals surface area contributed by atoms with Crippen LogP contribution in [0.25, 0.3) is 11.3 Å². The summed E-state index contributed by atoms with van der Waals surface area (Å²) < 4.78 is 25.3. The molecule has 140 valence electrons. The Morgan fingerprint density at radius 3 is 2.48 bits per heavy atom. The highest BCUT2D eigenvalue weighted by Gasteiger charge is 2.15. The summed E-state index contributed by atoms with van der Waals surface area (Å²) in [5.74, 6) is -0.427. The summed E-state index contributed by atoms with van der Waals surface area (Å²) in [6.07, 6.45) is 2.01. The molecule has 0 saturated carbocycles. The Labute approximate surface area is 162 Å². The molecular formula is C19H19N3O3S2. The number of hydrogen-bond donors (Lipinski definition) is 2. The van der Waals surface area contributed by atoms with Crippen molar-refractivity contribution in [3.8, 4) is 11.3 Å². The summed E-state index contributed by atoms with van der Waals surface area (Å²) in [5, 5.41) is 5.05. The number of thiazole rings is 1. The zero-order valence-electron chi connectivity index (χ0n) is 14.9. The van der Waals surface area contributed by atoms with Crippen LogP contribution in [0.5, 0.6) is 0 Å². The number of aromatic nitrogens is 1. The van der Waals surface area contributed by atoms with Crippen LogP contribution in [-0.2, 0) is 16.4 Å². The van der Waals surface area contributed by atoms with E-state index in [0.29, 0.717) is 5.13 Å². The molecule has 2 aromatic carbocycles. The van der Waals surface area contributed by atoms with Gasteiger partial charge in [0.25, 0.3) is 5.91 Å². The van der Waals surface area contributed by atoms with Gasteiger partial charge in [-0.25, -0.2) is 13.4 Å². The van der Waals surface area contributed by atoms with Crippen molar-refractivity contribution in [3.05, 3.63) is 65.0 Å². The van der Waals surface area contributed by atoms with Gasteiger partial charge in [0.05, 0.1) is 23.2 Å². The molecule has 6 nitrogen and oxygen atoms in total. The molecule has 0 aliphatic rings. The van der Waals surface area contributed by atoms with Gasteiger partial charge in [0.1, 0.15) is 0 Å². The number of aryl methyl sites for hydroxylation is 1. The van der Waals surface area contributed by atoms with Crippen LogP contribution in [-0.4, -0.2) is 25.6 Å². The van der Waals surface area contributed by atoms with Crippen molar-refractivity contribution >= 4 is 38.1 Å². The van der Waals surface area contributed by atoms with Crippen LogP contribution in [0, 0.1) is 0 Å². The van der Waals surface area contributed by atoms with E-state index in [1.165, 1.54) is 16.9 Å². The van der Waals surface area contributed by atoms with E-state index >= 15 is 0 Å². The van der Waals surface area contributed by atoms with Crippen LogP contribution in [0.4, 0.5) is 10.8 Å². The normalized spacial score (nSPS) is 11.2. The minimum absolute atomic E-state index is 0.226. The van der Waals surface area contributed by atoms with Gasteiger partial charge in [-0.15, -0.1) is 11.3 Å². The van der Waals surface area contributed by atoms with Gasteiger partial charge in [-0.2, -0.15) is 0 Å². The average molecular weight is 402 g/mol. The summed E-state index contributed by atoms with van der Waals surface area (Å²) in [7, 11) is -3.49. The fourth-order valence-corrected chi connectivity index (χ4v) is 3.80. The minimum atomic E-state index is -3.49. The number of carbonyl (C=O) groups excluding carboxylic acids is 1. The molecule has 1 heterocycles. The number of anilines is 2. The van der Waals surface area contributed by atoms with Crippen LogP contribution >= 0.6 is 11.3 Å². The third-order valence-electron chi connectivity index (χ3n) is 3.85. The Hall–Kier alpha value is -2.71. The summed E-state index contributed by atoms with van der Waals surface area (Å²) in [6.45, 7) is 2.10. The maximum Gasteiger partial charge on any atom is 0.259 e. The van der Waals surface area contributed by atoms with E-state index < -0.39 is 15.9 Å². The van der Waals surface area contributed by atoms with Crippen molar-refractivity contribution in [2.75, 3.05) is 16.3 Å². The molecule has 0 radical (unpaired) electrons. The molecule has 1 amide bonds. The van der Waals surface area contributed by atoms with Crippen LogP contribution in [0.3, 0.4) is 0 Å². The number of benzene rings is 2. The quantitative estimate of drug-likeness (QED) is 0.653. The highest BCUT2D eigenvalue weighted by molar-refractivity contribution is 7.92. The van der Waals surface area contributed by atoms with Crippen molar-refractivity contribution in [1.82, 2.24) is 4.98 Å². The SMILES string of the molecule is CCc1ccc(-c2csc(NC(=O)c3ccccc3NS(C)(=O)=O)n2)cc1. The van der Waals surface area contributed by atoms with Gasteiger partial charge in [0, 0.05) is 10.9 Å². The maximum absolute atomic E-state index is 12.6. The molecule has 0 spiro atoms. The molecule has 0 fully saturated rings. The van der Waals surface area contributed by atoms with E-state index in [9.17, 15) is 13.2 Å². The van der Waals surface area contributed by atoms with Crippen LogP contribution in [0.15, 0.2) is 53.9 Å². The van der Waals surface area contributed by atoms with Gasteiger partial charge in [-0.05, 0) is 24.1 Å². The Balaban J connectivity index is 1.78. The Kier molecular flexibility index (Phi) is 5.57. The van der Waals surface area contributed by atoms with Crippen LogP contribution in [0.2, 0.25) is 0 Å². The molecule has 0 aliphatic heterocycles. The van der Waals surface area contributed by atoms with Gasteiger partial charge in [0.15, 0.2) is 5.13 Å². The number of hydrogen-bond acceptors (Lipinski definition) is 5. The number of sulfonamides is 1. The van der Waals surface area contributed by atoms with E-state index in [-0.39, 0.29) is 11.3 Å². The number of nitrogens with zero attached hydrogens (tertiary/aromatic N) is 1. The first-order chi connectivity index (χ1) is 12.9. The van der Waals surface area contributed by atoms with Gasteiger partial charge in [0.2, 0.25) is 10.0 Å². The van der Waals surface area contributed by atoms with E-state index in [0.717, 1.165) is 23.9 Å². The lowest BCUT2D eigenvalue weighted by atomic mass is 10.1. The zero-order chi connectivity index (χ0) is 19.4. The molecule has 0 saturated heterocycles. The molecule has 0 aliphatic carbocycles. The molecule has 0 atom stereocenters. The predicted molar refractivity (Wildman–Crippen MR) is 110 cm³/mol. The first kappa shape index (κ1) is 19.1. The van der Waals surface area contributed by atoms with E-state index in [2.05, 4.69) is 34.1 Å². The van der Waals surface area contributed by atoms with Gasteiger partial charge in [-0.1, -0.05) is 43.3 Å². The number of carbonyl (C=O) groups is 1. The van der Waals surface area contributed by atoms with Gasteiger partial charge < -0.3 is 0 Å². The van der Waals surface area contributed by atoms with Gasteiger partial charge >= 0.3 is 0 Å². The molecule has 27 heavy (non-hydrogen) atoms. The zero-order valence-corrected chi connectivity index (χ0v) is 16.5. The van der Waals surface area contributed by atoms with Crippen molar-refractivity contribution in [2.24, 2.45) is 0 Å². The third kappa shape index (κ3) is 4.93. The number of rotatable bonds is 6. The average Bonchev–Trinajstić information content (AvgIpc) is 3.09. The number of para-hydroxylation sites is 1. The second-order valence-corrected chi connectivity index (χ2v) is 8.57. The lowest BCUT2D eigenvalue weighted by molar-refractivity contribution is 0.102. The molecule has 1 aromatic heterocycles. The van der Waals surface area contributed by atoms with Crippen molar-refractivity contribution in [3.63, 3.8) is 0 Å². The second-order valence-electron chi connectivity index (χ2n) is 5.96. The Morgan fingerprint density at radius 2 is 1.81 bits per heavy atom. The van der Waals surface area contributed by atoms with Gasteiger partial charge in [-0.3, -0.25) is 14.8 Å². The molecule has 3 rings (SSSR count). The molecule has 0 bridgehead atoms. The first-order valence-corrected chi connectivity index (χ1v) is 11.1. The number of nitrogens with one attached hydrogen (secondary N) is 2. The van der Waals surface area contributed by atoms with Crippen molar-refractivity contribution in [2.45, 2.75) is 13.3 Å². The highest BCUT2D eigenvalue weighted by atomic mass is 32.2. The third-order valence-corrected chi connectivity index (χ3v) is 5.20. The lowest BCUT2D eigenvalue weighted by Gasteiger charge is -2.09.